The molecule has 1 fully saturated rings. The van der Waals surface area contributed by atoms with Crippen LogP contribution in [-0.2, 0) is 24.2 Å². The molecular formula is C20H21F4N3O2. The molecule has 1 N–H and O–H groups in total. The van der Waals surface area contributed by atoms with E-state index in [0.717, 1.165) is 32.5 Å². The molecule has 156 valence electrons. The molecule has 0 bridgehead atoms. The van der Waals surface area contributed by atoms with E-state index in [4.69, 9.17) is 9.90 Å². The predicted molar refractivity (Wildman–Crippen MR) is 96.8 cm³/mol. The molecule has 9 heteroatoms. The van der Waals surface area contributed by atoms with Crippen LogP contribution in [0.3, 0.4) is 0 Å². The molecule has 0 spiro atoms. The number of alkyl halides is 3. The number of carboxylic acid groups (broad SMARTS) is 1. The van der Waals surface area contributed by atoms with E-state index in [9.17, 15) is 17.6 Å². The van der Waals surface area contributed by atoms with Gasteiger partial charge < -0.3 is 5.11 Å². The maximum atomic E-state index is 13.0. The monoisotopic (exact) mass is 411 g/mol. The maximum absolute atomic E-state index is 13.0. The van der Waals surface area contributed by atoms with E-state index < -0.39 is 12.1 Å². The fraction of sp³-hybridized carbons (Fsp3) is 0.450. The van der Waals surface area contributed by atoms with Crippen LogP contribution in [0.1, 0.15) is 41.3 Å². The molecule has 2 aromatic rings. The molecule has 0 saturated heterocycles. The lowest BCUT2D eigenvalue weighted by atomic mass is 10.0. The third-order valence-electron chi connectivity index (χ3n) is 4.94. The van der Waals surface area contributed by atoms with Gasteiger partial charge in [0.1, 0.15) is 12.1 Å². The topological polar surface area (TPSA) is 66.3 Å². The molecule has 1 aromatic carbocycles. The molecule has 0 unspecified atom stereocenters. The molecule has 4 rings (SSSR count). The highest BCUT2D eigenvalue weighted by molar-refractivity contribution is 5.73. The molecule has 29 heavy (non-hydrogen) atoms. The smallest absolute Gasteiger partial charge is 0.475 e. The van der Waals surface area contributed by atoms with Gasteiger partial charge in [-0.05, 0) is 42.5 Å². The molecule has 5 nitrogen and oxygen atoms in total. The number of rotatable bonds is 3. The second kappa shape index (κ2) is 8.86. The van der Waals surface area contributed by atoms with Crippen LogP contribution >= 0.6 is 0 Å². The molecule has 2 aliphatic rings. The normalized spacial score (nSPS) is 17.0. The van der Waals surface area contributed by atoms with Gasteiger partial charge in [0, 0.05) is 37.7 Å². The molecule has 0 atom stereocenters. The van der Waals surface area contributed by atoms with Crippen LogP contribution in [-0.4, -0.2) is 45.2 Å². The van der Waals surface area contributed by atoms with Gasteiger partial charge >= 0.3 is 12.1 Å². The summed E-state index contributed by atoms with van der Waals surface area (Å²) in [5.41, 5.74) is 5.10. The number of hydrogen-bond donors (Lipinski definition) is 1. The summed E-state index contributed by atoms with van der Waals surface area (Å²) < 4.78 is 44.7. The van der Waals surface area contributed by atoms with Crippen LogP contribution < -0.4 is 0 Å². The van der Waals surface area contributed by atoms with Crippen LogP contribution in [0.2, 0.25) is 0 Å². The minimum Gasteiger partial charge on any atom is -0.475 e. The Morgan fingerprint density at radius 3 is 2.31 bits per heavy atom. The fourth-order valence-electron chi connectivity index (χ4n) is 3.31. The molecule has 1 aromatic heterocycles. The van der Waals surface area contributed by atoms with Gasteiger partial charge in [-0.1, -0.05) is 12.1 Å². The van der Waals surface area contributed by atoms with Gasteiger partial charge in [0.25, 0.3) is 0 Å². The number of nitrogens with zero attached hydrogens (tertiary/aromatic N) is 3. The summed E-state index contributed by atoms with van der Waals surface area (Å²) in [7, 11) is 0. The Morgan fingerprint density at radius 2 is 1.72 bits per heavy atom. The third-order valence-corrected chi connectivity index (χ3v) is 4.94. The zero-order valence-electron chi connectivity index (χ0n) is 15.6. The Balaban J connectivity index is 0.000000298. The lowest BCUT2D eigenvalue weighted by Crippen LogP contribution is -2.26. The van der Waals surface area contributed by atoms with Gasteiger partial charge in [-0.25, -0.2) is 19.2 Å². The second-order valence-electron chi connectivity index (χ2n) is 7.16. The Morgan fingerprint density at radius 1 is 1.10 bits per heavy atom. The Hall–Kier alpha value is -2.55. The van der Waals surface area contributed by atoms with Crippen LogP contribution in [0.25, 0.3) is 0 Å². The molecule has 0 radical (unpaired) electrons. The van der Waals surface area contributed by atoms with Crippen molar-refractivity contribution < 1.29 is 27.5 Å². The summed E-state index contributed by atoms with van der Waals surface area (Å²) in [5.74, 6) is -2.25. The molecule has 1 saturated carbocycles. The number of halogens is 4. The lowest BCUT2D eigenvalue weighted by molar-refractivity contribution is -0.192. The molecule has 0 amide bonds. The van der Waals surface area contributed by atoms with Crippen molar-refractivity contribution in [3.63, 3.8) is 0 Å². The summed E-state index contributed by atoms with van der Waals surface area (Å²) in [6, 6.07) is 6.84. The Kier molecular flexibility index (Phi) is 6.46. The van der Waals surface area contributed by atoms with Crippen molar-refractivity contribution in [3.05, 3.63) is 58.9 Å². The van der Waals surface area contributed by atoms with Gasteiger partial charge in [-0.3, -0.25) is 4.90 Å². The highest BCUT2D eigenvalue weighted by atomic mass is 19.4. The molecule has 2 heterocycles. The molecular weight excluding hydrogens is 390 g/mol. The molecule has 1 aliphatic heterocycles. The van der Waals surface area contributed by atoms with E-state index in [1.54, 1.807) is 18.5 Å². The quantitative estimate of drug-likeness (QED) is 0.780. The number of benzene rings is 1. The van der Waals surface area contributed by atoms with Crippen molar-refractivity contribution in [1.82, 2.24) is 14.9 Å². The van der Waals surface area contributed by atoms with E-state index >= 15 is 0 Å². The van der Waals surface area contributed by atoms with Gasteiger partial charge in [-0.2, -0.15) is 13.2 Å². The van der Waals surface area contributed by atoms with Gasteiger partial charge in [0.05, 0.1) is 5.69 Å². The first-order valence-electron chi connectivity index (χ1n) is 9.33. The second-order valence-corrected chi connectivity index (χ2v) is 7.16. The minimum absolute atomic E-state index is 0.170. The SMILES string of the molecule is Fc1ccc(CN2CCc3ncnc(C4CC4)c3CC2)cc1.O=C(O)C(F)(F)F. The summed E-state index contributed by atoms with van der Waals surface area (Å²) in [6.07, 6.45) is 1.23. The number of aromatic nitrogens is 2. The van der Waals surface area contributed by atoms with Crippen LogP contribution in [0.4, 0.5) is 17.6 Å². The van der Waals surface area contributed by atoms with Crippen molar-refractivity contribution in [1.29, 1.82) is 0 Å². The number of fused-ring (bicyclic) bond motifs is 1. The fourth-order valence-corrected chi connectivity index (χ4v) is 3.31. The van der Waals surface area contributed by atoms with E-state index in [0.29, 0.717) is 5.92 Å². The van der Waals surface area contributed by atoms with E-state index in [2.05, 4.69) is 14.9 Å². The van der Waals surface area contributed by atoms with Crippen molar-refractivity contribution in [3.8, 4) is 0 Å². The predicted octanol–water partition coefficient (Wildman–Crippen LogP) is 3.73. The zero-order valence-corrected chi connectivity index (χ0v) is 15.6. The van der Waals surface area contributed by atoms with Gasteiger partial charge in [0.2, 0.25) is 0 Å². The Bertz CT molecular complexity index is 852. The number of carboxylic acids is 1. The highest BCUT2D eigenvalue weighted by Gasteiger charge is 2.38. The first kappa shape index (κ1) is 21.2. The number of aliphatic carboxylic acids is 1. The van der Waals surface area contributed by atoms with Gasteiger partial charge in [-0.15, -0.1) is 0 Å². The highest BCUT2D eigenvalue weighted by Crippen LogP contribution is 2.41. The lowest BCUT2D eigenvalue weighted by Gasteiger charge is -2.19. The Labute approximate surface area is 165 Å². The zero-order chi connectivity index (χ0) is 21.0. The van der Waals surface area contributed by atoms with Crippen molar-refractivity contribution in [2.24, 2.45) is 0 Å². The summed E-state index contributed by atoms with van der Waals surface area (Å²) in [5, 5.41) is 7.12. The molecule has 1 aliphatic carbocycles. The average molecular weight is 411 g/mol. The number of carbonyl (C=O) groups is 1. The van der Waals surface area contributed by atoms with E-state index in [1.165, 1.54) is 35.4 Å². The number of hydrogen-bond acceptors (Lipinski definition) is 4. The summed E-state index contributed by atoms with van der Waals surface area (Å²) in [6.45, 7) is 2.91. The summed E-state index contributed by atoms with van der Waals surface area (Å²) in [4.78, 5) is 20.4. The average Bonchev–Trinajstić information content (AvgIpc) is 3.51. The standard InChI is InChI=1S/C18H20FN3.C2HF3O2/c19-15-5-1-13(2-6-15)11-22-9-7-16-17(8-10-22)20-12-21-18(16)14-3-4-14;3-2(4,5)1(6)7/h1-2,5-6,12,14H,3-4,7-11H2;(H,6,7). The van der Waals surface area contributed by atoms with Crippen molar-refractivity contribution in [2.75, 3.05) is 13.1 Å². The van der Waals surface area contributed by atoms with E-state index in [1.807, 2.05) is 12.1 Å². The third kappa shape index (κ3) is 5.96. The summed E-state index contributed by atoms with van der Waals surface area (Å²) >= 11 is 0. The van der Waals surface area contributed by atoms with Crippen LogP contribution in [0.5, 0.6) is 0 Å². The van der Waals surface area contributed by atoms with Gasteiger partial charge in [0.15, 0.2) is 0 Å². The first-order chi connectivity index (χ1) is 13.7. The first-order valence-corrected chi connectivity index (χ1v) is 9.33. The van der Waals surface area contributed by atoms with Crippen LogP contribution in [0, 0.1) is 5.82 Å². The van der Waals surface area contributed by atoms with Crippen molar-refractivity contribution in [2.45, 2.75) is 44.3 Å². The maximum Gasteiger partial charge on any atom is 0.490 e. The minimum atomic E-state index is -5.08. The van der Waals surface area contributed by atoms with Crippen molar-refractivity contribution >= 4 is 5.97 Å². The largest absolute Gasteiger partial charge is 0.490 e. The van der Waals surface area contributed by atoms with E-state index in [-0.39, 0.29) is 5.82 Å². The van der Waals surface area contributed by atoms with Crippen LogP contribution in [0.15, 0.2) is 30.6 Å².